The van der Waals surface area contributed by atoms with Crippen molar-refractivity contribution in [1.29, 1.82) is 0 Å². The zero-order valence-electron chi connectivity index (χ0n) is 15.8. The number of rotatable bonds is 8. The van der Waals surface area contributed by atoms with Gasteiger partial charge in [0.1, 0.15) is 11.8 Å². The van der Waals surface area contributed by atoms with Crippen LogP contribution in [0.3, 0.4) is 0 Å². The largest absolute Gasteiger partial charge is 0.508 e. The molecule has 5 nitrogen and oxygen atoms in total. The Labute approximate surface area is 175 Å². The van der Waals surface area contributed by atoms with Gasteiger partial charge in [0, 0.05) is 11.6 Å². The molecule has 1 atom stereocenters. The fraction of sp³-hybridized carbons (Fsp3) is 0.333. The summed E-state index contributed by atoms with van der Waals surface area (Å²) < 4.78 is 0. The third kappa shape index (κ3) is 6.73. The average Bonchev–Trinajstić information content (AvgIpc) is 2.60. The summed E-state index contributed by atoms with van der Waals surface area (Å²) in [5.41, 5.74) is 1.19. The van der Waals surface area contributed by atoms with Crippen molar-refractivity contribution in [1.82, 2.24) is 10.6 Å². The monoisotopic (exact) mass is 422 g/mol. The molecule has 2 amide bonds. The molecule has 1 unspecified atom stereocenters. The van der Waals surface area contributed by atoms with Crippen molar-refractivity contribution in [3.05, 3.63) is 63.6 Å². The maximum atomic E-state index is 12.6. The summed E-state index contributed by atoms with van der Waals surface area (Å²) >= 11 is 12.0. The second-order valence-corrected chi connectivity index (χ2v) is 7.83. The fourth-order valence-electron chi connectivity index (χ4n) is 2.78. The van der Waals surface area contributed by atoms with E-state index in [1.807, 2.05) is 19.9 Å². The average molecular weight is 423 g/mol. The van der Waals surface area contributed by atoms with Gasteiger partial charge in [-0.05, 0) is 54.7 Å². The molecular weight excluding hydrogens is 399 g/mol. The van der Waals surface area contributed by atoms with Gasteiger partial charge in [-0.2, -0.15) is 0 Å². The summed E-state index contributed by atoms with van der Waals surface area (Å²) in [4.78, 5) is 25.2. The molecule has 0 saturated carbocycles. The van der Waals surface area contributed by atoms with Crippen LogP contribution >= 0.6 is 23.2 Å². The van der Waals surface area contributed by atoms with E-state index in [1.165, 1.54) is 12.1 Å². The van der Waals surface area contributed by atoms with Crippen molar-refractivity contribution in [2.24, 2.45) is 5.92 Å². The predicted molar refractivity (Wildman–Crippen MR) is 112 cm³/mol. The molecule has 0 aliphatic carbocycles. The Balaban J connectivity index is 1.99. The molecular formula is C21H24Cl2N2O3. The van der Waals surface area contributed by atoms with Crippen LogP contribution in [0.4, 0.5) is 0 Å². The number of aromatic hydroxyl groups is 1. The van der Waals surface area contributed by atoms with Crippen LogP contribution in [0.25, 0.3) is 0 Å². The van der Waals surface area contributed by atoms with E-state index in [2.05, 4.69) is 10.6 Å². The number of amides is 2. The molecule has 0 fully saturated rings. The van der Waals surface area contributed by atoms with Gasteiger partial charge in [0.2, 0.25) is 5.91 Å². The highest BCUT2D eigenvalue weighted by Crippen LogP contribution is 2.21. The number of benzene rings is 2. The van der Waals surface area contributed by atoms with E-state index in [9.17, 15) is 14.7 Å². The van der Waals surface area contributed by atoms with Gasteiger partial charge >= 0.3 is 0 Å². The number of halogens is 2. The molecule has 0 aliphatic rings. The van der Waals surface area contributed by atoms with E-state index in [1.54, 1.807) is 24.3 Å². The highest BCUT2D eigenvalue weighted by atomic mass is 35.5. The molecule has 0 aliphatic heterocycles. The maximum absolute atomic E-state index is 12.6. The van der Waals surface area contributed by atoms with Crippen LogP contribution in [0, 0.1) is 5.92 Å². The normalized spacial score (nSPS) is 11.9. The summed E-state index contributed by atoms with van der Waals surface area (Å²) in [6.45, 7) is 4.36. The second kappa shape index (κ2) is 10.3. The molecule has 0 radical (unpaired) electrons. The minimum absolute atomic E-state index is 0.189. The highest BCUT2D eigenvalue weighted by Gasteiger charge is 2.23. The van der Waals surface area contributed by atoms with E-state index in [-0.39, 0.29) is 28.2 Å². The Morgan fingerprint density at radius 1 is 1.11 bits per heavy atom. The summed E-state index contributed by atoms with van der Waals surface area (Å²) in [6, 6.07) is 10.8. The number of hydrogen-bond acceptors (Lipinski definition) is 3. The van der Waals surface area contributed by atoms with Crippen LogP contribution < -0.4 is 10.6 Å². The molecule has 0 bridgehead atoms. The lowest BCUT2D eigenvalue weighted by Crippen LogP contribution is -2.47. The SMILES string of the molecule is CC(C)CC(NC(=O)c1ccc(Cl)cc1Cl)C(=O)NCCc1cccc(O)c1. The van der Waals surface area contributed by atoms with Gasteiger partial charge in [0.15, 0.2) is 0 Å². The predicted octanol–water partition coefficient (Wildman–Crippen LogP) is 4.20. The standard InChI is InChI=1S/C21H24Cl2N2O3/c1-13(2)10-19(25-20(27)17-7-6-15(22)12-18(17)23)21(28)24-9-8-14-4-3-5-16(26)11-14/h3-7,11-13,19,26H,8-10H2,1-2H3,(H,24,28)(H,25,27). The van der Waals surface area contributed by atoms with Crippen LogP contribution in [0.2, 0.25) is 10.0 Å². The molecule has 7 heteroatoms. The van der Waals surface area contributed by atoms with E-state index in [4.69, 9.17) is 23.2 Å². The van der Waals surface area contributed by atoms with Gasteiger partial charge in [-0.1, -0.05) is 49.2 Å². The number of phenols is 1. The smallest absolute Gasteiger partial charge is 0.253 e. The van der Waals surface area contributed by atoms with Crippen LogP contribution in [0.1, 0.15) is 36.2 Å². The molecule has 2 aromatic carbocycles. The molecule has 28 heavy (non-hydrogen) atoms. The van der Waals surface area contributed by atoms with Crippen molar-refractivity contribution in [2.75, 3.05) is 6.54 Å². The first-order valence-corrected chi connectivity index (χ1v) is 9.83. The summed E-state index contributed by atoms with van der Waals surface area (Å²) in [5, 5.41) is 15.8. The lowest BCUT2D eigenvalue weighted by atomic mass is 10.0. The first-order chi connectivity index (χ1) is 13.3. The molecule has 0 heterocycles. The van der Waals surface area contributed by atoms with Gasteiger partial charge < -0.3 is 15.7 Å². The Morgan fingerprint density at radius 3 is 2.50 bits per heavy atom. The van der Waals surface area contributed by atoms with Crippen LogP contribution in [-0.4, -0.2) is 29.5 Å². The quantitative estimate of drug-likeness (QED) is 0.596. The van der Waals surface area contributed by atoms with E-state index in [0.717, 1.165) is 5.56 Å². The third-order valence-corrected chi connectivity index (χ3v) is 4.68. The fourth-order valence-corrected chi connectivity index (χ4v) is 3.27. The number of carbonyl (C=O) groups excluding carboxylic acids is 2. The van der Waals surface area contributed by atoms with Crippen molar-refractivity contribution in [2.45, 2.75) is 32.7 Å². The van der Waals surface area contributed by atoms with Crippen molar-refractivity contribution < 1.29 is 14.7 Å². The van der Waals surface area contributed by atoms with E-state index < -0.39 is 11.9 Å². The molecule has 0 spiro atoms. The van der Waals surface area contributed by atoms with Gasteiger partial charge in [-0.25, -0.2) is 0 Å². The zero-order valence-corrected chi connectivity index (χ0v) is 17.3. The molecule has 2 aromatic rings. The molecule has 2 rings (SSSR count). The van der Waals surface area contributed by atoms with Crippen LogP contribution in [0.15, 0.2) is 42.5 Å². The maximum Gasteiger partial charge on any atom is 0.253 e. The first kappa shape index (κ1) is 22.1. The summed E-state index contributed by atoms with van der Waals surface area (Å²) in [6.07, 6.45) is 1.07. The Hall–Kier alpha value is -2.24. The minimum Gasteiger partial charge on any atom is -0.508 e. The van der Waals surface area contributed by atoms with Crippen LogP contribution in [-0.2, 0) is 11.2 Å². The number of nitrogens with one attached hydrogen (secondary N) is 2. The van der Waals surface area contributed by atoms with E-state index >= 15 is 0 Å². The van der Waals surface area contributed by atoms with Gasteiger partial charge in [-0.3, -0.25) is 9.59 Å². The van der Waals surface area contributed by atoms with Gasteiger partial charge in [0.05, 0.1) is 10.6 Å². The second-order valence-electron chi connectivity index (χ2n) is 6.99. The third-order valence-electron chi connectivity index (χ3n) is 4.13. The van der Waals surface area contributed by atoms with Gasteiger partial charge in [-0.15, -0.1) is 0 Å². The Bertz CT molecular complexity index is 840. The van der Waals surface area contributed by atoms with Crippen LogP contribution in [0.5, 0.6) is 5.75 Å². The lowest BCUT2D eigenvalue weighted by molar-refractivity contribution is -0.123. The molecule has 0 saturated heterocycles. The minimum atomic E-state index is -0.677. The van der Waals surface area contributed by atoms with Crippen molar-refractivity contribution in [3.63, 3.8) is 0 Å². The first-order valence-electron chi connectivity index (χ1n) is 9.07. The van der Waals surface area contributed by atoms with Gasteiger partial charge in [0.25, 0.3) is 5.91 Å². The topological polar surface area (TPSA) is 78.4 Å². The van der Waals surface area contributed by atoms with Crippen molar-refractivity contribution in [3.8, 4) is 5.75 Å². The zero-order chi connectivity index (χ0) is 20.7. The lowest BCUT2D eigenvalue weighted by Gasteiger charge is -2.20. The molecule has 3 N–H and O–H groups in total. The Kier molecular flexibility index (Phi) is 8.15. The highest BCUT2D eigenvalue weighted by molar-refractivity contribution is 6.36. The van der Waals surface area contributed by atoms with Crippen molar-refractivity contribution >= 4 is 35.0 Å². The molecule has 0 aromatic heterocycles. The molecule has 150 valence electrons. The Morgan fingerprint density at radius 2 is 1.86 bits per heavy atom. The number of phenolic OH excluding ortho intramolecular Hbond substituents is 1. The summed E-state index contributed by atoms with van der Waals surface area (Å²) in [5.74, 6) is -0.279. The number of carbonyl (C=O) groups is 2. The van der Waals surface area contributed by atoms with E-state index in [0.29, 0.717) is 24.4 Å². The summed E-state index contributed by atoms with van der Waals surface area (Å²) in [7, 11) is 0. The number of hydrogen-bond donors (Lipinski definition) is 3.